The highest BCUT2D eigenvalue weighted by molar-refractivity contribution is 7.99. The predicted octanol–water partition coefficient (Wildman–Crippen LogP) is 2.73. The van der Waals surface area contributed by atoms with E-state index in [1.54, 1.807) is 6.33 Å². The maximum atomic E-state index is 9.34. The number of aryl methyl sites for hydroxylation is 1. The van der Waals surface area contributed by atoms with E-state index in [9.17, 15) is 5.26 Å². The molecular weight excluding hydrogens is 282 g/mol. The van der Waals surface area contributed by atoms with Crippen LogP contribution in [-0.2, 0) is 13.6 Å². The van der Waals surface area contributed by atoms with Gasteiger partial charge in [-0.1, -0.05) is 6.07 Å². The molecule has 2 aromatic rings. The van der Waals surface area contributed by atoms with Crippen molar-refractivity contribution < 1.29 is 0 Å². The normalized spacial score (nSPS) is 11.4. The number of nitriles is 1. The van der Waals surface area contributed by atoms with Gasteiger partial charge in [0.25, 0.3) is 0 Å². The third kappa shape index (κ3) is 4.31. The number of aromatic nitrogens is 3. The smallest absolute Gasteiger partial charge is 0.195 e. The maximum Gasteiger partial charge on any atom is 0.195 e. The first-order valence-corrected chi connectivity index (χ1v) is 7.50. The molecule has 1 heterocycles. The number of nitrogens with zero attached hydrogens (tertiary/aromatic N) is 4. The summed E-state index contributed by atoms with van der Waals surface area (Å²) < 4.78 is 1.83. The molecule has 1 aromatic carbocycles. The van der Waals surface area contributed by atoms with E-state index >= 15 is 0 Å². The Morgan fingerprint density at radius 1 is 1.38 bits per heavy atom. The van der Waals surface area contributed by atoms with Gasteiger partial charge >= 0.3 is 0 Å². The zero-order valence-corrected chi connectivity index (χ0v) is 13.5. The molecule has 0 aliphatic rings. The minimum Gasteiger partial charge on any atom is -0.311 e. The lowest BCUT2D eigenvalue weighted by molar-refractivity contribution is 0.424. The Balaban J connectivity index is 2.17. The van der Waals surface area contributed by atoms with Crippen LogP contribution in [0.1, 0.15) is 31.9 Å². The van der Waals surface area contributed by atoms with Gasteiger partial charge in [-0.3, -0.25) is 0 Å². The zero-order chi connectivity index (χ0) is 15.5. The largest absolute Gasteiger partial charge is 0.311 e. The summed E-state index contributed by atoms with van der Waals surface area (Å²) in [4.78, 5) is 0.896. The highest BCUT2D eigenvalue weighted by atomic mass is 32.2. The van der Waals surface area contributed by atoms with Crippen molar-refractivity contribution in [2.24, 2.45) is 7.05 Å². The van der Waals surface area contributed by atoms with Crippen molar-refractivity contribution in [1.82, 2.24) is 20.1 Å². The molecule has 5 nitrogen and oxygen atoms in total. The Kier molecular flexibility index (Phi) is 4.66. The lowest BCUT2D eigenvalue weighted by atomic mass is 10.1. The maximum absolute atomic E-state index is 9.34. The quantitative estimate of drug-likeness (QED) is 0.940. The minimum absolute atomic E-state index is 0.0544. The van der Waals surface area contributed by atoms with Crippen LogP contribution in [0.2, 0.25) is 0 Å². The van der Waals surface area contributed by atoms with Gasteiger partial charge in [0.05, 0.1) is 5.56 Å². The van der Waals surface area contributed by atoms with Gasteiger partial charge in [0.15, 0.2) is 5.16 Å². The van der Waals surface area contributed by atoms with Gasteiger partial charge in [0, 0.05) is 24.0 Å². The number of hydrogen-bond acceptors (Lipinski definition) is 5. The van der Waals surface area contributed by atoms with Crippen LogP contribution in [0.25, 0.3) is 0 Å². The van der Waals surface area contributed by atoms with E-state index < -0.39 is 0 Å². The molecule has 2 rings (SSSR count). The molecule has 6 heteroatoms. The van der Waals surface area contributed by atoms with E-state index in [-0.39, 0.29) is 5.54 Å². The van der Waals surface area contributed by atoms with Crippen LogP contribution >= 0.6 is 11.8 Å². The monoisotopic (exact) mass is 301 g/mol. The Hall–Kier alpha value is -1.84. The van der Waals surface area contributed by atoms with Gasteiger partial charge in [0.2, 0.25) is 0 Å². The first kappa shape index (κ1) is 15.5. The van der Waals surface area contributed by atoms with E-state index in [0.29, 0.717) is 5.56 Å². The molecule has 0 bridgehead atoms. The molecule has 21 heavy (non-hydrogen) atoms. The molecule has 1 N–H and O–H groups in total. The van der Waals surface area contributed by atoms with Gasteiger partial charge in [-0.05, 0) is 50.2 Å². The van der Waals surface area contributed by atoms with E-state index in [0.717, 1.165) is 22.2 Å². The highest BCUT2D eigenvalue weighted by Gasteiger charge is 2.11. The second-order valence-corrected chi connectivity index (χ2v) is 6.88. The molecule has 0 atom stereocenters. The van der Waals surface area contributed by atoms with Crippen molar-refractivity contribution >= 4 is 11.8 Å². The number of rotatable bonds is 4. The Bertz CT molecular complexity index is 663. The molecule has 0 fully saturated rings. The minimum atomic E-state index is 0.0544. The van der Waals surface area contributed by atoms with Crippen LogP contribution in [0.4, 0.5) is 0 Å². The summed E-state index contributed by atoms with van der Waals surface area (Å²) in [5.41, 5.74) is 1.82. The molecular formula is C15H19N5S. The van der Waals surface area contributed by atoms with Gasteiger partial charge in [-0.15, -0.1) is 10.2 Å². The summed E-state index contributed by atoms with van der Waals surface area (Å²) in [6.45, 7) is 7.11. The van der Waals surface area contributed by atoms with E-state index in [2.05, 4.69) is 42.4 Å². The molecule has 0 saturated carbocycles. The SMILES string of the molecule is Cn1cnnc1Sc1ccc(CNC(C)(C)C)cc1C#N. The van der Waals surface area contributed by atoms with Gasteiger partial charge < -0.3 is 9.88 Å². The molecule has 0 radical (unpaired) electrons. The number of hydrogen-bond donors (Lipinski definition) is 1. The fraction of sp³-hybridized carbons (Fsp3) is 0.400. The van der Waals surface area contributed by atoms with Crippen LogP contribution in [0.3, 0.4) is 0 Å². The lowest BCUT2D eigenvalue weighted by Crippen LogP contribution is -2.35. The lowest BCUT2D eigenvalue weighted by Gasteiger charge is -2.20. The Morgan fingerprint density at radius 3 is 2.71 bits per heavy atom. The second-order valence-electron chi connectivity index (χ2n) is 5.87. The number of benzene rings is 1. The van der Waals surface area contributed by atoms with Crippen molar-refractivity contribution in [3.05, 3.63) is 35.7 Å². The first-order chi connectivity index (χ1) is 9.89. The highest BCUT2D eigenvalue weighted by Crippen LogP contribution is 2.29. The van der Waals surface area contributed by atoms with Gasteiger partial charge in [-0.25, -0.2) is 0 Å². The Morgan fingerprint density at radius 2 is 2.14 bits per heavy atom. The summed E-state index contributed by atoms with van der Waals surface area (Å²) >= 11 is 1.45. The molecule has 0 spiro atoms. The summed E-state index contributed by atoms with van der Waals surface area (Å²) in [6, 6.07) is 8.20. The molecule has 0 amide bonds. The van der Waals surface area contributed by atoms with Crippen LogP contribution < -0.4 is 5.32 Å². The van der Waals surface area contributed by atoms with Gasteiger partial charge in [-0.2, -0.15) is 5.26 Å². The van der Waals surface area contributed by atoms with Crippen LogP contribution in [0, 0.1) is 11.3 Å². The van der Waals surface area contributed by atoms with Crippen LogP contribution in [0.15, 0.2) is 34.6 Å². The zero-order valence-electron chi connectivity index (χ0n) is 12.7. The molecule has 0 saturated heterocycles. The average molecular weight is 301 g/mol. The summed E-state index contributed by atoms with van der Waals surface area (Å²) in [7, 11) is 1.88. The first-order valence-electron chi connectivity index (χ1n) is 6.69. The van der Waals surface area contributed by atoms with Gasteiger partial charge in [0.1, 0.15) is 12.4 Å². The molecule has 0 aliphatic carbocycles. The third-order valence-corrected chi connectivity index (χ3v) is 3.99. The van der Waals surface area contributed by atoms with Crippen molar-refractivity contribution in [2.75, 3.05) is 0 Å². The second kappa shape index (κ2) is 6.29. The molecule has 110 valence electrons. The molecule has 0 unspecified atom stereocenters. The summed E-state index contributed by atoms with van der Waals surface area (Å²) in [5, 5.41) is 21.4. The fourth-order valence-electron chi connectivity index (χ4n) is 1.69. The van der Waals surface area contributed by atoms with Crippen LogP contribution in [-0.4, -0.2) is 20.3 Å². The van der Waals surface area contributed by atoms with E-state index in [1.807, 2.05) is 29.8 Å². The van der Waals surface area contributed by atoms with Crippen molar-refractivity contribution in [2.45, 2.75) is 42.9 Å². The van der Waals surface area contributed by atoms with E-state index in [4.69, 9.17) is 0 Å². The molecule has 0 aliphatic heterocycles. The predicted molar refractivity (Wildman–Crippen MR) is 82.9 cm³/mol. The fourth-order valence-corrected chi connectivity index (χ4v) is 2.52. The van der Waals surface area contributed by atoms with Crippen molar-refractivity contribution in [3.63, 3.8) is 0 Å². The number of nitrogens with one attached hydrogen (secondary N) is 1. The summed E-state index contributed by atoms with van der Waals surface area (Å²) in [5.74, 6) is 0. The standard InChI is InChI=1S/C15H19N5S/c1-15(2,3)17-9-11-5-6-13(12(7-11)8-16)21-14-19-18-10-20(14)4/h5-7,10,17H,9H2,1-4H3. The van der Waals surface area contributed by atoms with Crippen molar-refractivity contribution in [1.29, 1.82) is 5.26 Å². The average Bonchev–Trinajstić information content (AvgIpc) is 2.82. The topological polar surface area (TPSA) is 66.5 Å². The van der Waals surface area contributed by atoms with Crippen LogP contribution in [0.5, 0.6) is 0 Å². The third-order valence-electron chi connectivity index (χ3n) is 2.86. The summed E-state index contributed by atoms with van der Waals surface area (Å²) in [6.07, 6.45) is 1.65. The Labute approximate surface area is 129 Å². The van der Waals surface area contributed by atoms with E-state index in [1.165, 1.54) is 11.8 Å². The van der Waals surface area contributed by atoms with Crippen molar-refractivity contribution in [3.8, 4) is 6.07 Å². The molecule has 1 aromatic heterocycles.